The van der Waals surface area contributed by atoms with Crippen molar-refractivity contribution in [2.75, 3.05) is 26.2 Å². The number of likely N-dealkylation sites (tertiary alicyclic amines) is 1. The summed E-state index contributed by atoms with van der Waals surface area (Å²) >= 11 is 0. The molecule has 0 bridgehead atoms. The number of aliphatic hydroxyl groups excluding tert-OH is 1. The summed E-state index contributed by atoms with van der Waals surface area (Å²) in [7, 11) is 0. The Morgan fingerprint density at radius 2 is 2.00 bits per heavy atom. The Hall–Kier alpha value is -1.59. The molecular weight excluding hydrogens is 292 g/mol. The zero-order valence-electron chi connectivity index (χ0n) is 13.6. The number of hydrogen-bond donors (Lipinski definition) is 1. The molecule has 3 rings (SSSR count). The summed E-state index contributed by atoms with van der Waals surface area (Å²) in [6.45, 7) is 2.70. The first-order valence-electron chi connectivity index (χ1n) is 8.60. The third kappa shape index (κ3) is 4.45. The van der Waals surface area contributed by atoms with E-state index in [2.05, 4.69) is 4.90 Å². The number of benzene rings is 1. The number of aliphatic hydroxyl groups is 1. The number of ether oxygens (including phenoxy) is 1. The molecule has 126 valence electrons. The maximum Gasteiger partial charge on any atom is 0.410 e. The summed E-state index contributed by atoms with van der Waals surface area (Å²) in [5, 5.41) is 9.28. The van der Waals surface area contributed by atoms with Gasteiger partial charge in [-0.3, -0.25) is 4.90 Å². The highest BCUT2D eigenvalue weighted by Crippen LogP contribution is 2.31. The van der Waals surface area contributed by atoms with Crippen LogP contribution < -0.4 is 0 Å². The smallest absolute Gasteiger partial charge is 0.410 e. The number of rotatable bonds is 6. The number of piperidine rings is 1. The minimum Gasteiger partial charge on any atom is -0.445 e. The predicted octanol–water partition coefficient (Wildman–Crippen LogP) is 2.24. The molecular formula is C18H26N2O3. The molecule has 1 saturated heterocycles. The van der Waals surface area contributed by atoms with Gasteiger partial charge in [0.2, 0.25) is 0 Å². The number of carbonyl (C=O) groups is 1. The zero-order valence-corrected chi connectivity index (χ0v) is 13.6. The minimum atomic E-state index is -0.224. The molecule has 23 heavy (non-hydrogen) atoms. The molecule has 1 aromatic carbocycles. The van der Waals surface area contributed by atoms with Gasteiger partial charge in [0.25, 0.3) is 0 Å². The fraction of sp³-hybridized carbons (Fsp3) is 0.611. The molecule has 5 heteroatoms. The van der Waals surface area contributed by atoms with E-state index in [-0.39, 0.29) is 12.7 Å². The molecule has 1 heterocycles. The van der Waals surface area contributed by atoms with Crippen LogP contribution in [0.5, 0.6) is 0 Å². The first-order chi connectivity index (χ1) is 11.3. The summed E-state index contributed by atoms with van der Waals surface area (Å²) in [4.78, 5) is 16.5. The van der Waals surface area contributed by atoms with Crippen LogP contribution in [-0.4, -0.2) is 59.3 Å². The molecule has 1 aromatic rings. The van der Waals surface area contributed by atoms with Gasteiger partial charge in [-0.25, -0.2) is 4.79 Å². The van der Waals surface area contributed by atoms with E-state index in [0.717, 1.165) is 24.9 Å². The van der Waals surface area contributed by atoms with Crippen molar-refractivity contribution in [1.29, 1.82) is 0 Å². The van der Waals surface area contributed by atoms with E-state index in [1.165, 1.54) is 12.8 Å². The van der Waals surface area contributed by atoms with Gasteiger partial charge in [-0.2, -0.15) is 0 Å². The quantitative estimate of drug-likeness (QED) is 0.874. The van der Waals surface area contributed by atoms with Gasteiger partial charge < -0.3 is 14.7 Å². The molecule has 1 N–H and O–H groups in total. The number of nitrogens with zero attached hydrogens (tertiary/aromatic N) is 2. The molecule has 0 spiro atoms. The molecule has 0 aromatic heterocycles. The summed E-state index contributed by atoms with van der Waals surface area (Å²) in [6.07, 6.45) is 4.31. The van der Waals surface area contributed by atoms with Crippen LogP contribution in [0.1, 0.15) is 31.2 Å². The fourth-order valence-electron chi connectivity index (χ4n) is 3.39. The normalized spacial score (nSPS) is 21.5. The van der Waals surface area contributed by atoms with Gasteiger partial charge in [0.15, 0.2) is 0 Å². The Kier molecular flexibility index (Phi) is 5.51. The summed E-state index contributed by atoms with van der Waals surface area (Å²) in [5.74, 6) is 0. The Balaban J connectivity index is 1.52. The van der Waals surface area contributed by atoms with Crippen LogP contribution in [0.25, 0.3) is 0 Å². The monoisotopic (exact) mass is 318 g/mol. The highest BCUT2D eigenvalue weighted by molar-refractivity contribution is 5.67. The van der Waals surface area contributed by atoms with Gasteiger partial charge in [0, 0.05) is 31.7 Å². The van der Waals surface area contributed by atoms with Crippen LogP contribution in [0.15, 0.2) is 30.3 Å². The molecule has 1 amide bonds. The third-order valence-electron chi connectivity index (χ3n) is 4.70. The van der Waals surface area contributed by atoms with E-state index in [4.69, 9.17) is 4.74 Å². The summed E-state index contributed by atoms with van der Waals surface area (Å²) in [6, 6.07) is 10.7. The number of carbonyl (C=O) groups excluding carboxylic acids is 1. The average Bonchev–Trinajstić information content (AvgIpc) is 3.43. The van der Waals surface area contributed by atoms with E-state index in [1.54, 1.807) is 0 Å². The van der Waals surface area contributed by atoms with E-state index in [9.17, 15) is 9.90 Å². The molecule has 1 aliphatic heterocycles. The summed E-state index contributed by atoms with van der Waals surface area (Å²) < 4.78 is 5.45. The second-order valence-electron chi connectivity index (χ2n) is 6.47. The second-order valence-corrected chi connectivity index (χ2v) is 6.47. The lowest BCUT2D eigenvalue weighted by Crippen LogP contribution is -2.51. The van der Waals surface area contributed by atoms with Gasteiger partial charge in [0.05, 0.1) is 6.61 Å². The third-order valence-corrected chi connectivity index (χ3v) is 4.70. The van der Waals surface area contributed by atoms with E-state index < -0.39 is 0 Å². The van der Waals surface area contributed by atoms with Crippen LogP contribution in [0, 0.1) is 0 Å². The van der Waals surface area contributed by atoms with Crippen LogP contribution in [0.2, 0.25) is 0 Å². The van der Waals surface area contributed by atoms with Crippen molar-refractivity contribution in [3.63, 3.8) is 0 Å². The highest BCUT2D eigenvalue weighted by Gasteiger charge is 2.36. The van der Waals surface area contributed by atoms with Gasteiger partial charge in [-0.05, 0) is 31.2 Å². The molecule has 5 nitrogen and oxygen atoms in total. The number of amides is 1. The van der Waals surface area contributed by atoms with Crippen LogP contribution in [-0.2, 0) is 11.3 Å². The standard InChI is InChI=1S/C18H26N2O3/c21-12-11-20(16-8-9-16)17-7-4-10-19(13-17)18(22)23-14-15-5-2-1-3-6-15/h1-3,5-6,16-17,21H,4,7-14H2/t17-/m0/s1. The Labute approximate surface area is 137 Å². The van der Waals surface area contributed by atoms with Gasteiger partial charge in [0.1, 0.15) is 6.61 Å². The van der Waals surface area contributed by atoms with Crippen molar-refractivity contribution in [2.45, 2.75) is 44.4 Å². The minimum absolute atomic E-state index is 0.186. The second kappa shape index (κ2) is 7.79. The lowest BCUT2D eigenvalue weighted by atomic mass is 10.0. The maximum absolute atomic E-state index is 12.3. The van der Waals surface area contributed by atoms with Crippen LogP contribution >= 0.6 is 0 Å². The molecule has 0 unspecified atom stereocenters. The van der Waals surface area contributed by atoms with Crippen LogP contribution in [0.4, 0.5) is 4.79 Å². The Bertz CT molecular complexity index is 504. The van der Waals surface area contributed by atoms with Crippen molar-refractivity contribution >= 4 is 6.09 Å². The molecule has 1 aliphatic carbocycles. The predicted molar refractivity (Wildman–Crippen MR) is 88.0 cm³/mol. The van der Waals surface area contributed by atoms with E-state index in [0.29, 0.717) is 31.8 Å². The molecule has 0 radical (unpaired) electrons. The Morgan fingerprint density at radius 3 is 2.70 bits per heavy atom. The molecule has 1 atom stereocenters. The SMILES string of the molecule is O=C(OCc1ccccc1)N1CCC[C@H](N(CCO)C2CC2)C1. The van der Waals surface area contributed by atoms with Crippen molar-refractivity contribution in [1.82, 2.24) is 9.80 Å². The zero-order chi connectivity index (χ0) is 16.1. The topological polar surface area (TPSA) is 53.0 Å². The van der Waals surface area contributed by atoms with E-state index >= 15 is 0 Å². The highest BCUT2D eigenvalue weighted by atomic mass is 16.6. The first kappa shape index (κ1) is 16.3. The van der Waals surface area contributed by atoms with Gasteiger partial charge >= 0.3 is 6.09 Å². The van der Waals surface area contributed by atoms with Gasteiger partial charge in [-0.1, -0.05) is 30.3 Å². The van der Waals surface area contributed by atoms with E-state index in [1.807, 2.05) is 35.2 Å². The Morgan fingerprint density at radius 1 is 1.22 bits per heavy atom. The lowest BCUT2D eigenvalue weighted by molar-refractivity contribution is 0.0523. The molecule has 2 fully saturated rings. The average molecular weight is 318 g/mol. The van der Waals surface area contributed by atoms with Crippen LogP contribution in [0.3, 0.4) is 0 Å². The van der Waals surface area contributed by atoms with Crippen molar-refractivity contribution in [3.05, 3.63) is 35.9 Å². The van der Waals surface area contributed by atoms with Crippen molar-refractivity contribution < 1.29 is 14.6 Å². The molecule has 1 saturated carbocycles. The van der Waals surface area contributed by atoms with Crippen molar-refractivity contribution in [3.8, 4) is 0 Å². The van der Waals surface area contributed by atoms with Gasteiger partial charge in [-0.15, -0.1) is 0 Å². The van der Waals surface area contributed by atoms with Crippen molar-refractivity contribution in [2.24, 2.45) is 0 Å². The largest absolute Gasteiger partial charge is 0.445 e. The maximum atomic E-state index is 12.3. The summed E-state index contributed by atoms with van der Waals surface area (Å²) in [5.41, 5.74) is 1.01. The molecule has 2 aliphatic rings. The fourth-order valence-corrected chi connectivity index (χ4v) is 3.39. The lowest BCUT2D eigenvalue weighted by Gasteiger charge is -2.38. The first-order valence-corrected chi connectivity index (χ1v) is 8.60. The number of hydrogen-bond acceptors (Lipinski definition) is 4.